The summed E-state index contributed by atoms with van der Waals surface area (Å²) in [7, 11) is -3.72. The first kappa shape index (κ1) is 22.3. The summed E-state index contributed by atoms with van der Waals surface area (Å²) in [6.07, 6.45) is 1.32. The molecule has 2 aliphatic heterocycles. The fourth-order valence-corrected chi connectivity index (χ4v) is 5.81. The average molecular weight is 458 g/mol. The molecule has 2 aromatic rings. The van der Waals surface area contributed by atoms with Gasteiger partial charge in [0.05, 0.1) is 5.92 Å². The Bertz CT molecular complexity index is 1210. The molecular weight excluding hydrogens is 430 g/mol. The molecule has 3 heterocycles. The fraction of sp³-hybridized carbons (Fsp3) is 0.435. The number of nitrogens with zero attached hydrogens (tertiary/aromatic N) is 3. The van der Waals surface area contributed by atoms with Crippen molar-refractivity contribution in [2.24, 2.45) is 10.3 Å². The van der Waals surface area contributed by atoms with E-state index in [2.05, 4.69) is 4.40 Å². The molecule has 1 aromatic carbocycles. The van der Waals surface area contributed by atoms with Crippen molar-refractivity contribution in [2.75, 3.05) is 19.7 Å². The summed E-state index contributed by atoms with van der Waals surface area (Å²) in [6, 6.07) is 8.53. The summed E-state index contributed by atoms with van der Waals surface area (Å²) in [6.45, 7) is 7.22. The van der Waals surface area contributed by atoms with E-state index in [1.54, 1.807) is 18.2 Å². The fourth-order valence-electron chi connectivity index (χ4n) is 4.58. The van der Waals surface area contributed by atoms with Gasteiger partial charge in [-0.05, 0) is 51.8 Å². The average Bonchev–Trinajstić information content (AvgIpc) is 3.24. The van der Waals surface area contributed by atoms with Crippen LogP contribution in [0.2, 0.25) is 0 Å². The number of hydrogen-bond acceptors (Lipinski definition) is 6. The van der Waals surface area contributed by atoms with Crippen LogP contribution in [-0.4, -0.2) is 55.2 Å². The van der Waals surface area contributed by atoms with E-state index in [9.17, 15) is 18.0 Å². The van der Waals surface area contributed by atoms with Crippen molar-refractivity contribution in [3.8, 4) is 0 Å². The number of aryl methyl sites for hydroxylation is 1. The molecule has 0 bridgehead atoms. The van der Waals surface area contributed by atoms with Crippen LogP contribution < -0.4 is 0 Å². The minimum atomic E-state index is -3.72. The van der Waals surface area contributed by atoms with E-state index in [4.69, 9.17) is 4.74 Å². The second-order valence-electron chi connectivity index (χ2n) is 8.23. The van der Waals surface area contributed by atoms with Crippen LogP contribution in [0.3, 0.4) is 0 Å². The lowest BCUT2D eigenvalue weighted by Gasteiger charge is -2.32. The SMILES string of the molecule is CCn1c(C)cc(C(=O)COC(=O)C2CCCN(C3=NS(=O)(=O)c4ccccc43)C2)c1C. The molecular formula is C23H27N3O5S. The van der Waals surface area contributed by atoms with Crippen LogP contribution in [-0.2, 0) is 26.1 Å². The highest BCUT2D eigenvalue weighted by molar-refractivity contribution is 7.90. The smallest absolute Gasteiger partial charge is 0.311 e. The van der Waals surface area contributed by atoms with E-state index in [0.717, 1.165) is 17.9 Å². The number of amidine groups is 1. The number of carbonyl (C=O) groups is 2. The van der Waals surface area contributed by atoms with E-state index in [-0.39, 0.29) is 17.3 Å². The van der Waals surface area contributed by atoms with Gasteiger partial charge >= 0.3 is 5.97 Å². The maximum atomic E-state index is 12.7. The molecule has 1 saturated heterocycles. The van der Waals surface area contributed by atoms with Gasteiger partial charge in [0.15, 0.2) is 12.4 Å². The van der Waals surface area contributed by atoms with Crippen LogP contribution in [0.4, 0.5) is 0 Å². The van der Waals surface area contributed by atoms with Gasteiger partial charge in [0.25, 0.3) is 10.0 Å². The normalized spacial score (nSPS) is 19.4. The predicted octanol–water partition coefficient (Wildman–Crippen LogP) is 2.71. The van der Waals surface area contributed by atoms with Crippen molar-refractivity contribution in [3.63, 3.8) is 0 Å². The van der Waals surface area contributed by atoms with E-state index >= 15 is 0 Å². The number of Topliss-reactive ketones (excluding diaryl/α,β-unsaturated/α-hetero) is 1. The molecule has 32 heavy (non-hydrogen) atoms. The molecule has 0 radical (unpaired) electrons. The van der Waals surface area contributed by atoms with Crippen LogP contribution in [0.5, 0.6) is 0 Å². The first-order chi connectivity index (χ1) is 15.2. The van der Waals surface area contributed by atoms with Gasteiger partial charge in [-0.25, -0.2) is 0 Å². The number of carbonyl (C=O) groups excluding carboxylic acids is 2. The van der Waals surface area contributed by atoms with Crippen molar-refractivity contribution in [1.82, 2.24) is 9.47 Å². The Morgan fingerprint density at radius 2 is 1.97 bits per heavy atom. The third-order valence-electron chi connectivity index (χ3n) is 6.20. The number of fused-ring (bicyclic) bond motifs is 1. The lowest BCUT2D eigenvalue weighted by molar-refractivity contribution is -0.148. The lowest BCUT2D eigenvalue weighted by atomic mass is 9.97. The number of rotatable bonds is 5. The van der Waals surface area contributed by atoms with Gasteiger partial charge in [0.2, 0.25) is 5.78 Å². The first-order valence-corrected chi connectivity index (χ1v) is 12.2. The number of piperidine rings is 1. The number of ketones is 1. The van der Waals surface area contributed by atoms with Crippen LogP contribution in [0.1, 0.15) is 47.1 Å². The summed E-state index contributed by atoms with van der Waals surface area (Å²) in [5.74, 6) is -0.736. The van der Waals surface area contributed by atoms with E-state index in [1.807, 2.05) is 36.3 Å². The molecule has 1 unspecified atom stereocenters. The number of benzene rings is 1. The number of likely N-dealkylation sites (tertiary alicyclic amines) is 1. The Hall–Kier alpha value is -2.94. The summed E-state index contributed by atoms with van der Waals surface area (Å²) >= 11 is 0. The Kier molecular flexibility index (Phi) is 5.94. The summed E-state index contributed by atoms with van der Waals surface area (Å²) in [5.41, 5.74) is 3.00. The molecule has 0 aliphatic carbocycles. The van der Waals surface area contributed by atoms with Crippen molar-refractivity contribution in [2.45, 2.75) is 45.1 Å². The number of sulfonamides is 1. The van der Waals surface area contributed by atoms with Crippen LogP contribution in [0.25, 0.3) is 0 Å². The highest BCUT2D eigenvalue weighted by atomic mass is 32.2. The topological polar surface area (TPSA) is 98.0 Å². The third-order valence-corrected chi connectivity index (χ3v) is 7.53. The molecule has 2 aliphatic rings. The minimum absolute atomic E-state index is 0.190. The Morgan fingerprint density at radius 3 is 2.69 bits per heavy atom. The lowest BCUT2D eigenvalue weighted by Crippen LogP contribution is -2.43. The van der Waals surface area contributed by atoms with Gasteiger partial charge in [-0.1, -0.05) is 12.1 Å². The molecule has 1 fully saturated rings. The largest absolute Gasteiger partial charge is 0.457 e. The second kappa shape index (κ2) is 8.54. The maximum absolute atomic E-state index is 12.7. The van der Waals surface area contributed by atoms with Crippen LogP contribution >= 0.6 is 0 Å². The number of hydrogen-bond donors (Lipinski definition) is 0. The number of aromatic nitrogens is 1. The summed E-state index contributed by atoms with van der Waals surface area (Å²) in [4.78, 5) is 27.4. The Morgan fingerprint density at radius 1 is 1.22 bits per heavy atom. The van der Waals surface area contributed by atoms with Gasteiger partial charge in [-0.2, -0.15) is 8.42 Å². The monoisotopic (exact) mass is 457 g/mol. The van der Waals surface area contributed by atoms with Gasteiger partial charge in [-0.3, -0.25) is 9.59 Å². The van der Waals surface area contributed by atoms with E-state index < -0.39 is 21.9 Å². The highest BCUT2D eigenvalue weighted by Crippen LogP contribution is 2.30. The minimum Gasteiger partial charge on any atom is -0.457 e. The molecule has 1 atom stereocenters. The first-order valence-electron chi connectivity index (χ1n) is 10.8. The summed E-state index contributed by atoms with van der Waals surface area (Å²) < 4.78 is 36.1. The third kappa shape index (κ3) is 3.97. The van der Waals surface area contributed by atoms with Crippen molar-refractivity contribution >= 4 is 27.6 Å². The zero-order valence-corrected chi connectivity index (χ0v) is 19.3. The van der Waals surface area contributed by atoms with Gasteiger partial charge < -0.3 is 14.2 Å². The van der Waals surface area contributed by atoms with E-state index in [1.165, 1.54) is 6.07 Å². The molecule has 9 heteroatoms. The number of ether oxygens (including phenoxy) is 1. The zero-order valence-electron chi connectivity index (χ0n) is 18.5. The van der Waals surface area contributed by atoms with Crippen LogP contribution in [0.15, 0.2) is 39.6 Å². The van der Waals surface area contributed by atoms with Crippen molar-refractivity contribution in [3.05, 3.63) is 52.8 Å². The predicted molar refractivity (Wildman–Crippen MR) is 119 cm³/mol. The molecule has 0 N–H and O–H groups in total. The van der Waals surface area contributed by atoms with Gasteiger partial charge in [-0.15, -0.1) is 4.40 Å². The molecule has 4 rings (SSSR count). The second-order valence-corrected chi connectivity index (χ2v) is 9.80. The number of esters is 1. The molecule has 8 nitrogen and oxygen atoms in total. The van der Waals surface area contributed by atoms with Gasteiger partial charge in [0, 0.05) is 42.1 Å². The summed E-state index contributed by atoms with van der Waals surface area (Å²) in [5, 5.41) is 0. The Balaban J connectivity index is 1.42. The molecule has 1 aromatic heterocycles. The maximum Gasteiger partial charge on any atom is 0.311 e. The van der Waals surface area contributed by atoms with Crippen molar-refractivity contribution in [1.29, 1.82) is 0 Å². The Labute approximate surface area is 187 Å². The molecule has 170 valence electrons. The molecule has 0 spiro atoms. The zero-order chi connectivity index (χ0) is 23.0. The quantitative estimate of drug-likeness (QED) is 0.506. The van der Waals surface area contributed by atoms with E-state index in [0.29, 0.717) is 42.9 Å². The highest BCUT2D eigenvalue weighted by Gasteiger charge is 2.35. The standard InChI is InChI=1S/C23H27N3O5S/c1-4-26-15(2)12-19(16(26)3)20(27)14-31-23(28)17-8-7-11-25(13-17)22-18-9-5-6-10-21(18)32(29,30)24-22/h5-6,9-10,12,17H,4,7-8,11,13-14H2,1-3H3. The molecule has 0 saturated carbocycles. The van der Waals surface area contributed by atoms with Gasteiger partial charge in [0.1, 0.15) is 4.90 Å². The molecule has 0 amide bonds. The van der Waals surface area contributed by atoms with Crippen LogP contribution in [0, 0.1) is 19.8 Å². The van der Waals surface area contributed by atoms with Crippen molar-refractivity contribution < 1.29 is 22.7 Å².